The van der Waals surface area contributed by atoms with Crippen LogP contribution in [0, 0.1) is 0 Å². The summed E-state index contributed by atoms with van der Waals surface area (Å²) in [7, 11) is 3.22. The predicted octanol–water partition coefficient (Wildman–Crippen LogP) is 5.14. The minimum Gasteiger partial charge on any atom is -0.493 e. The molecular formula is C26H29N3O4. The van der Waals surface area contributed by atoms with Crippen LogP contribution in [0.3, 0.4) is 0 Å². The molecule has 7 nitrogen and oxygen atoms in total. The third-order valence-corrected chi connectivity index (χ3v) is 6.70. The van der Waals surface area contributed by atoms with Gasteiger partial charge >= 0.3 is 5.97 Å². The summed E-state index contributed by atoms with van der Waals surface area (Å²) in [5.41, 5.74) is 3.00. The van der Waals surface area contributed by atoms with Crippen molar-refractivity contribution in [2.75, 3.05) is 25.7 Å². The van der Waals surface area contributed by atoms with Crippen LogP contribution in [-0.4, -0.2) is 42.7 Å². The number of carbonyl (C=O) groups excluding carboxylic acids is 1. The molecule has 33 heavy (non-hydrogen) atoms. The van der Waals surface area contributed by atoms with Crippen LogP contribution in [0.4, 0.5) is 5.95 Å². The third-order valence-electron chi connectivity index (χ3n) is 6.70. The molecular weight excluding hydrogens is 418 g/mol. The molecule has 2 heterocycles. The summed E-state index contributed by atoms with van der Waals surface area (Å²) in [6, 6.07) is 6.33. The summed E-state index contributed by atoms with van der Waals surface area (Å²) in [6.45, 7) is 3.39. The SMILES string of the molecule is CCCN(c1ncc(-c2c3c(cc4cc(OC)c(OC)cc24)COC3=O)cn1)C1CCCC1. The Bertz CT molecular complexity index is 1190. The van der Waals surface area contributed by atoms with E-state index in [0.717, 1.165) is 46.4 Å². The lowest BCUT2D eigenvalue weighted by molar-refractivity contribution is 0.0535. The van der Waals surface area contributed by atoms with Crippen molar-refractivity contribution in [3.05, 3.63) is 41.7 Å². The Hall–Kier alpha value is -3.35. The van der Waals surface area contributed by atoms with Gasteiger partial charge in [-0.3, -0.25) is 0 Å². The van der Waals surface area contributed by atoms with E-state index < -0.39 is 0 Å². The van der Waals surface area contributed by atoms with Crippen molar-refractivity contribution in [2.45, 2.75) is 51.7 Å². The molecule has 172 valence electrons. The number of anilines is 1. The molecule has 2 aliphatic rings. The van der Waals surface area contributed by atoms with Crippen molar-refractivity contribution in [2.24, 2.45) is 0 Å². The second kappa shape index (κ2) is 8.89. The van der Waals surface area contributed by atoms with Crippen LogP contribution >= 0.6 is 0 Å². The molecule has 5 rings (SSSR count). The zero-order valence-electron chi connectivity index (χ0n) is 19.4. The van der Waals surface area contributed by atoms with Crippen molar-refractivity contribution >= 4 is 22.7 Å². The van der Waals surface area contributed by atoms with Gasteiger partial charge in [0.05, 0.1) is 19.8 Å². The number of hydrogen-bond acceptors (Lipinski definition) is 7. The monoisotopic (exact) mass is 447 g/mol. The lowest BCUT2D eigenvalue weighted by Crippen LogP contribution is -2.35. The quantitative estimate of drug-likeness (QED) is 0.464. The number of benzene rings is 2. The Kier molecular flexibility index (Phi) is 5.79. The van der Waals surface area contributed by atoms with Crippen LogP contribution in [-0.2, 0) is 11.3 Å². The van der Waals surface area contributed by atoms with Crippen LogP contribution in [0.25, 0.3) is 21.9 Å². The number of nitrogens with zero attached hydrogens (tertiary/aromatic N) is 3. The molecule has 3 aromatic rings. The van der Waals surface area contributed by atoms with E-state index in [0.29, 0.717) is 23.1 Å². The smallest absolute Gasteiger partial charge is 0.339 e. The second-order valence-electron chi connectivity index (χ2n) is 8.69. The van der Waals surface area contributed by atoms with Gasteiger partial charge in [0.25, 0.3) is 0 Å². The number of methoxy groups -OCH3 is 2. The number of ether oxygens (including phenoxy) is 3. The van der Waals surface area contributed by atoms with Gasteiger partial charge in [-0.25, -0.2) is 14.8 Å². The highest BCUT2D eigenvalue weighted by molar-refractivity contribution is 6.11. The number of esters is 1. The topological polar surface area (TPSA) is 73.8 Å². The molecule has 0 saturated heterocycles. The first kappa shape index (κ1) is 21.5. The van der Waals surface area contributed by atoms with Crippen molar-refractivity contribution in [3.8, 4) is 22.6 Å². The zero-order valence-corrected chi connectivity index (χ0v) is 19.4. The van der Waals surface area contributed by atoms with E-state index in [-0.39, 0.29) is 12.6 Å². The van der Waals surface area contributed by atoms with E-state index in [1.165, 1.54) is 25.7 Å². The fourth-order valence-corrected chi connectivity index (χ4v) is 5.15. The van der Waals surface area contributed by atoms with Crippen molar-refractivity contribution in [3.63, 3.8) is 0 Å². The Morgan fingerprint density at radius 3 is 2.39 bits per heavy atom. The fraction of sp³-hybridized carbons (Fsp3) is 0.423. The number of cyclic esters (lactones) is 1. The standard InChI is InChI=1S/C26H29N3O4/c1-4-9-29(19-7-5-6-8-19)26-27-13-18(14-28-26)23-20-12-22(32-3)21(31-2)11-16(20)10-17-15-33-25(30)24(17)23/h10-14,19H,4-9,15H2,1-3H3. The first-order valence-corrected chi connectivity index (χ1v) is 11.6. The minimum absolute atomic E-state index is 0.260. The molecule has 7 heteroatoms. The van der Waals surface area contributed by atoms with Gasteiger partial charge in [-0.2, -0.15) is 0 Å². The number of fused-ring (bicyclic) bond motifs is 2. The van der Waals surface area contributed by atoms with E-state index in [4.69, 9.17) is 24.2 Å². The zero-order chi connectivity index (χ0) is 22.9. The highest BCUT2D eigenvalue weighted by Crippen LogP contribution is 2.42. The van der Waals surface area contributed by atoms with Crippen LogP contribution < -0.4 is 14.4 Å². The van der Waals surface area contributed by atoms with E-state index in [1.54, 1.807) is 14.2 Å². The molecule has 1 aliphatic heterocycles. The number of carbonyl (C=O) groups is 1. The first-order chi connectivity index (χ1) is 16.1. The van der Waals surface area contributed by atoms with Crippen LogP contribution in [0.5, 0.6) is 11.5 Å². The molecule has 0 radical (unpaired) electrons. The van der Waals surface area contributed by atoms with Gasteiger partial charge in [0.1, 0.15) is 6.61 Å². The van der Waals surface area contributed by atoms with Gasteiger partial charge in [-0.05, 0) is 48.2 Å². The average Bonchev–Trinajstić information content (AvgIpc) is 3.51. The molecule has 1 aliphatic carbocycles. The van der Waals surface area contributed by atoms with Gasteiger partial charge in [0, 0.05) is 41.7 Å². The van der Waals surface area contributed by atoms with E-state index in [2.05, 4.69) is 11.8 Å². The van der Waals surface area contributed by atoms with Crippen molar-refractivity contribution in [1.29, 1.82) is 0 Å². The van der Waals surface area contributed by atoms with E-state index >= 15 is 0 Å². The molecule has 0 bridgehead atoms. The Morgan fingerprint density at radius 1 is 1.03 bits per heavy atom. The lowest BCUT2D eigenvalue weighted by atomic mass is 9.91. The van der Waals surface area contributed by atoms with Crippen LogP contribution in [0.2, 0.25) is 0 Å². The molecule has 0 atom stereocenters. The van der Waals surface area contributed by atoms with Gasteiger partial charge in [0.15, 0.2) is 11.5 Å². The molecule has 1 aromatic heterocycles. The largest absolute Gasteiger partial charge is 0.493 e. The van der Waals surface area contributed by atoms with E-state index in [9.17, 15) is 4.79 Å². The van der Waals surface area contributed by atoms with Crippen LogP contribution in [0.1, 0.15) is 54.9 Å². The molecule has 0 amide bonds. The summed E-state index contributed by atoms with van der Waals surface area (Å²) in [4.78, 5) is 24.5. The molecule has 1 saturated carbocycles. The van der Waals surface area contributed by atoms with Crippen molar-refractivity contribution in [1.82, 2.24) is 9.97 Å². The van der Waals surface area contributed by atoms with Crippen LogP contribution in [0.15, 0.2) is 30.6 Å². The van der Waals surface area contributed by atoms with E-state index in [1.807, 2.05) is 30.6 Å². The Labute approximate surface area is 193 Å². The maximum atomic E-state index is 12.7. The third kappa shape index (κ3) is 3.75. The summed E-state index contributed by atoms with van der Waals surface area (Å²) < 4.78 is 16.4. The van der Waals surface area contributed by atoms with Gasteiger partial charge in [0.2, 0.25) is 5.95 Å². The maximum Gasteiger partial charge on any atom is 0.339 e. The second-order valence-corrected chi connectivity index (χ2v) is 8.69. The molecule has 0 N–H and O–H groups in total. The predicted molar refractivity (Wildman–Crippen MR) is 127 cm³/mol. The van der Waals surface area contributed by atoms with Gasteiger partial charge < -0.3 is 19.1 Å². The fourth-order valence-electron chi connectivity index (χ4n) is 5.15. The maximum absolute atomic E-state index is 12.7. The van der Waals surface area contributed by atoms with Gasteiger partial charge in [-0.15, -0.1) is 0 Å². The summed E-state index contributed by atoms with van der Waals surface area (Å²) in [6.07, 6.45) is 9.61. The summed E-state index contributed by atoms with van der Waals surface area (Å²) in [5, 5.41) is 1.82. The first-order valence-electron chi connectivity index (χ1n) is 11.6. The van der Waals surface area contributed by atoms with Gasteiger partial charge in [-0.1, -0.05) is 19.8 Å². The molecule has 1 fully saturated rings. The number of hydrogen-bond donors (Lipinski definition) is 0. The Morgan fingerprint density at radius 2 is 1.73 bits per heavy atom. The van der Waals surface area contributed by atoms with Crippen molar-refractivity contribution < 1.29 is 19.0 Å². The molecule has 0 unspecified atom stereocenters. The number of rotatable bonds is 7. The molecule has 0 spiro atoms. The average molecular weight is 448 g/mol. The highest BCUT2D eigenvalue weighted by atomic mass is 16.5. The summed E-state index contributed by atoms with van der Waals surface area (Å²) >= 11 is 0. The Balaban J connectivity index is 1.64. The minimum atomic E-state index is -0.320. The normalized spacial score (nSPS) is 15.5. The number of aromatic nitrogens is 2. The summed E-state index contributed by atoms with van der Waals surface area (Å²) in [5.74, 6) is 1.68. The molecule has 2 aromatic carbocycles. The highest BCUT2D eigenvalue weighted by Gasteiger charge is 2.29. The lowest BCUT2D eigenvalue weighted by Gasteiger charge is -2.28.